The van der Waals surface area contributed by atoms with Crippen LogP contribution in [-0.2, 0) is 0 Å². The fourth-order valence-corrected chi connectivity index (χ4v) is 2.15. The molecule has 0 heterocycles. The highest BCUT2D eigenvalue weighted by Crippen LogP contribution is 2.22. The summed E-state index contributed by atoms with van der Waals surface area (Å²) in [5, 5.41) is 3.51. The zero-order valence-corrected chi connectivity index (χ0v) is 8.79. The summed E-state index contributed by atoms with van der Waals surface area (Å²) < 4.78 is 0. The van der Waals surface area contributed by atoms with Gasteiger partial charge in [0.25, 0.3) is 0 Å². The first kappa shape index (κ1) is 11.0. The largest absolute Gasteiger partial charge is 0.330 e. The summed E-state index contributed by atoms with van der Waals surface area (Å²) >= 11 is 0. The van der Waals surface area contributed by atoms with Crippen LogP contribution in [0.1, 0.15) is 33.1 Å². The van der Waals surface area contributed by atoms with Gasteiger partial charge in [-0.1, -0.05) is 13.8 Å². The Kier molecular flexibility index (Phi) is 4.16. The van der Waals surface area contributed by atoms with Gasteiger partial charge in [0.1, 0.15) is 0 Å². The summed E-state index contributed by atoms with van der Waals surface area (Å²) in [4.78, 5) is 0. The minimum atomic E-state index is 0.296. The van der Waals surface area contributed by atoms with E-state index in [4.69, 9.17) is 11.5 Å². The topological polar surface area (TPSA) is 64.1 Å². The second-order valence-corrected chi connectivity index (χ2v) is 4.51. The molecule has 1 aliphatic rings. The predicted octanol–water partition coefficient (Wildman–Crippen LogP) is 0.439. The molecule has 0 aromatic rings. The molecule has 0 aliphatic heterocycles. The molecule has 1 saturated carbocycles. The van der Waals surface area contributed by atoms with Crippen LogP contribution in [0.4, 0.5) is 0 Å². The average Bonchev–Trinajstić information content (AvgIpc) is 2.08. The molecule has 0 aromatic heterocycles. The third-order valence-electron chi connectivity index (χ3n) is 2.89. The Morgan fingerprint density at radius 2 is 2.08 bits per heavy atom. The molecule has 3 nitrogen and oxygen atoms in total. The molecular weight excluding hydrogens is 162 g/mol. The van der Waals surface area contributed by atoms with Crippen LogP contribution in [0.2, 0.25) is 0 Å². The van der Waals surface area contributed by atoms with E-state index in [1.165, 1.54) is 12.8 Å². The first-order chi connectivity index (χ1) is 6.13. The van der Waals surface area contributed by atoms with Crippen molar-refractivity contribution in [3.8, 4) is 0 Å². The summed E-state index contributed by atoms with van der Waals surface area (Å²) in [6, 6.07) is 1.33. The number of nitrogens with one attached hydrogen (secondary N) is 1. The number of hydrogen-bond donors (Lipinski definition) is 3. The quantitative estimate of drug-likeness (QED) is 0.598. The summed E-state index contributed by atoms with van der Waals surface area (Å²) in [7, 11) is 0. The van der Waals surface area contributed by atoms with Gasteiger partial charge in [0, 0.05) is 18.1 Å². The normalized spacial score (nSPS) is 35.3. The molecule has 0 spiro atoms. The van der Waals surface area contributed by atoms with E-state index in [-0.39, 0.29) is 0 Å². The maximum Gasteiger partial charge on any atom is 0.0221 e. The van der Waals surface area contributed by atoms with Crippen LogP contribution in [0.25, 0.3) is 0 Å². The highest BCUT2D eigenvalue weighted by atomic mass is 15.0. The molecule has 0 radical (unpaired) electrons. The fourth-order valence-electron chi connectivity index (χ4n) is 2.15. The van der Waals surface area contributed by atoms with E-state index in [2.05, 4.69) is 19.2 Å². The lowest BCUT2D eigenvalue weighted by Gasteiger charge is -2.35. The van der Waals surface area contributed by atoms with Crippen LogP contribution in [0.3, 0.4) is 0 Å². The lowest BCUT2D eigenvalue weighted by Crippen LogP contribution is -2.51. The molecule has 1 rings (SSSR count). The van der Waals surface area contributed by atoms with Gasteiger partial charge in [0.05, 0.1) is 0 Å². The third kappa shape index (κ3) is 3.25. The third-order valence-corrected chi connectivity index (χ3v) is 2.89. The monoisotopic (exact) mass is 185 g/mol. The van der Waals surface area contributed by atoms with Crippen molar-refractivity contribution < 1.29 is 0 Å². The van der Waals surface area contributed by atoms with Gasteiger partial charge in [0.2, 0.25) is 0 Å². The second-order valence-electron chi connectivity index (χ2n) is 4.51. The fraction of sp³-hybridized carbons (Fsp3) is 1.00. The molecule has 13 heavy (non-hydrogen) atoms. The highest BCUT2D eigenvalue weighted by molar-refractivity contribution is 4.88. The van der Waals surface area contributed by atoms with Gasteiger partial charge < -0.3 is 16.8 Å². The molecule has 0 bridgehead atoms. The molecule has 78 valence electrons. The zero-order chi connectivity index (χ0) is 9.84. The predicted molar refractivity (Wildman–Crippen MR) is 56.4 cm³/mol. The van der Waals surface area contributed by atoms with Crippen molar-refractivity contribution >= 4 is 0 Å². The number of hydrogen-bond acceptors (Lipinski definition) is 3. The maximum absolute atomic E-state index is 6.08. The van der Waals surface area contributed by atoms with E-state index in [0.29, 0.717) is 24.0 Å². The first-order valence-corrected chi connectivity index (χ1v) is 5.35. The first-order valence-electron chi connectivity index (χ1n) is 5.35. The number of rotatable bonds is 3. The van der Waals surface area contributed by atoms with Crippen LogP contribution >= 0.6 is 0 Å². The smallest absolute Gasteiger partial charge is 0.0221 e. The van der Waals surface area contributed by atoms with Crippen molar-refractivity contribution in [2.45, 2.75) is 51.2 Å². The Hall–Kier alpha value is -0.120. The van der Waals surface area contributed by atoms with Crippen LogP contribution < -0.4 is 16.8 Å². The minimum Gasteiger partial charge on any atom is -0.330 e. The van der Waals surface area contributed by atoms with Crippen molar-refractivity contribution in [1.82, 2.24) is 5.32 Å². The molecule has 0 saturated heterocycles. The summed E-state index contributed by atoms with van der Waals surface area (Å²) in [5.41, 5.74) is 11.7. The molecule has 3 heteroatoms. The molecule has 3 atom stereocenters. The van der Waals surface area contributed by atoms with E-state index in [1.54, 1.807) is 0 Å². The van der Waals surface area contributed by atoms with Gasteiger partial charge in [-0.15, -0.1) is 0 Å². The summed E-state index contributed by atoms with van der Waals surface area (Å²) in [6.07, 6.45) is 3.50. The van der Waals surface area contributed by atoms with Crippen LogP contribution in [0, 0.1) is 5.92 Å². The highest BCUT2D eigenvalue weighted by Gasteiger charge is 2.27. The van der Waals surface area contributed by atoms with Gasteiger partial charge in [0.15, 0.2) is 0 Å². The lowest BCUT2D eigenvalue weighted by atomic mass is 9.82. The summed E-state index contributed by atoms with van der Waals surface area (Å²) in [5.74, 6) is 0.653. The van der Waals surface area contributed by atoms with E-state index in [1.807, 2.05) is 0 Å². The van der Waals surface area contributed by atoms with Gasteiger partial charge in [-0.05, 0) is 31.7 Å². The molecule has 5 N–H and O–H groups in total. The van der Waals surface area contributed by atoms with Crippen molar-refractivity contribution in [3.05, 3.63) is 0 Å². The van der Waals surface area contributed by atoms with E-state index in [9.17, 15) is 0 Å². The summed E-state index contributed by atoms with van der Waals surface area (Å²) in [6.45, 7) is 5.13. The molecular formula is C10H23N3. The SMILES string of the molecule is CC(C)NC1CCC(CN)CC1N. The van der Waals surface area contributed by atoms with Crippen molar-refractivity contribution in [3.63, 3.8) is 0 Å². The molecule has 1 fully saturated rings. The zero-order valence-electron chi connectivity index (χ0n) is 8.79. The maximum atomic E-state index is 6.08. The Labute approximate surface area is 81.2 Å². The van der Waals surface area contributed by atoms with Crippen molar-refractivity contribution in [1.29, 1.82) is 0 Å². The second kappa shape index (κ2) is 4.94. The van der Waals surface area contributed by atoms with Gasteiger partial charge >= 0.3 is 0 Å². The van der Waals surface area contributed by atoms with Gasteiger partial charge in [-0.3, -0.25) is 0 Å². The van der Waals surface area contributed by atoms with E-state index in [0.717, 1.165) is 13.0 Å². The minimum absolute atomic E-state index is 0.296. The Bertz CT molecular complexity index is 147. The van der Waals surface area contributed by atoms with Crippen LogP contribution in [0.5, 0.6) is 0 Å². The van der Waals surface area contributed by atoms with Gasteiger partial charge in [-0.25, -0.2) is 0 Å². The Balaban J connectivity index is 2.35. The average molecular weight is 185 g/mol. The molecule has 1 aliphatic carbocycles. The van der Waals surface area contributed by atoms with E-state index >= 15 is 0 Å². The van der Waals surface area contributed by atoms with Crippen LogP contribution in [-0.4, -0.2) is 24.7 Å². The standard InChI is InChI=1S/C10H23N3/c1-7(2)13-10-4-3-8(6-11)5-9(10)12/h7-10,13H,3-6,11-12H2,1-2H3. The van der Waals surface area contributed by atoms with Crippen LogP contribution in [0.15, 0.2) is 0 Å². The van der Waals surface area contributed by atoms with Gasteiger partial charge in [-0.2, -0.15) is 0 Å². The Morgan fingerprint density at radius 1 is 1.38 bits per heavy atom. The number of nitrogens with two attached hydrogens (primary N) is 2. The molecule has 0 amide bonds. The molecule has 0 aromatic carbocycles. The Morgan fingerprint density at radius 3 is 2.54 bits per heavy atom. The molecule has 3 unspecified atom stereocenters. The van der Waals surface area contributed by atoms with Crippen molar-refractivity contribution in [2.24, 2.45) is 17.4 Å². The lowest BCUT2D eigenvalue weighted by molar-refractivity contribution is 0.251. The van der Waals surface area contributed by atoms with E-state index < -0.39 is 0 Å². The van der Waals surface area contributed by atoms with Crippen molar-refractivity contribution in [2.75, 3.05) is 6.54 Å².